The summed E-state index contributed by atoms with van der Waals surface area (Å²) in [6.07, 6.45) is 1.87. The molecule has 43 heavy (non-hydrogen) atoms. The first-order chi connectivity index (χ1) is 21.3. The van der Waals surface area contributed by atoms with E-state index in [-0.39, 0.29) is 0 Å². The molecular weight excluding hydrogens is 526 g/mol. The first-order valence-corrected chi connectivity index (χ1v) is 14.5. The standard InChI is InChI=1S/C39H25N3O/c1-2-13-28(14-3-1)41(39-38-33(21-22-40-39)32-18-7-9-20-37(32)43-38)29-15-10-16-30(25-29)42-35-19-8-6-17-31(35)34-23-26-11-4-5-12-27(26)24-36(34)42/h1-25H. The first-order valence-electron chi connectivity index (χ1n) is 14.5. The van der Waals surface area contributed by atoms with Crippen molar-refractivity contribution in [2.45, 2.75) is 0 Å². The van der Waals surface area contributed by atoms with Crippen LogP contribution in [0.15, 0.2) is 156 Å². The van der Waals surface area contributed by atoms with Gasteiger partial charge in [-0.3, -0.25) is 4.90 Å². The fourth-order valence-corrected chi connectivity index (χ4v) is 6.47. The Morgan fingerprint density at radius 3 is 2.12 bits per heavy atom. The van der Waals surface area contributed by atoms with Crippen molar-refractivity contribution in [1.29, 1.82) is 0 Å². The predicted octanol–water partition coefficient (Wildman–Crippen LogP) is 10.7. The number of nitrogens with zero attached hydrogens (tertiary/aromatic N) is 3. The van der Waals surface area contributed by atoms with Crippen LogP contribution in [0.3, 0.4) is 0 Å². The van der Waals surface area contributed by atoms with Gasteiger partial charge in [-0.05, 0) is 71.4 Å². The molecule has 9 aromatic rings. The Hall–Kier alpha value is -5.87. The normalized spacial score (nSPS) is 11.7. The van der Waals surface area contributed by atoms with Crippen molar-refractivity contribution in [3.8, 4) is 5.69 Å². The zero-order valence-corrected chi connectivity index (χ0v) is 23.2. The van der Waals surface area contributed by atoms with E-state index in [1.54, 1.807) is 0 Å². The number of aromatic nitrogens is 2. The summed E-state index contributed by atoms with van der Waals surface area (Å²) in [5.41, 5.74) is 7.06. The summed E-state index contributed by atoms with van der Waals surface area (Å²) in [6.45, 7) is 0. The van der Waals surface area contributed by atoms with Crippen LogP contribution in [0.1, 0.15) is 0 Å². The molecule has 0 radical (unpaired) electrons. The quantitative estimate of drug-likeness (QED) is 0.218. The van der Waals surface area contributed by atoms with Gasteiger partial charge >= 0.3 is 0 Å². The molecule has 9 rings (SSSR count). The number of para-hydroxylation sites is 3. The largest absolute Gasteiger partial charge is 0.452 e. The van der Waals surface area contributed by atoms with Crippen LogP contribution in [-0.2, 0) is 0 Å². The molecule has 0 aliphatic carbocycles. The van der Waals surface area contributed by atoms with Crippen LogP contribution >= 0.6 is 0 Å². The molecule has 0 spiro atoms. The average molecular weight is 552 g/mol. The zero-order valence-electron chi connectivity index (χ0n) is 23.2. The second-order valence-corrected chi connectivity index (χ2v) is 10.9. The Morgan fingerprint density at radius 1 is 0.512 bits per heavy atom. The average Bonchev–Trinajstić information content (AvgIpc) is 3.60. The highest BCUT2D eigenvalue weighted by molar-refractivity contribution is 6.14. The lowest BCUT2D eigenvalue weighted by atomic mass is 10.1. The molecule has 3 heterocycles. The zero-order chi connectivity index (χ0) is 28.3. The number of hydrogen-bond acceptors (Lipinski definition) is 3. The molecular formula is C39H25N3O. The lowest BCUT2D eigenvalue weighted by Crippen LogP contribution is -2.12. The molecule has 6 aromatic carbocycles. The van der Waals surface area contributed by atoms with Gasteiger partial charge in [-0.15, -0.1) is 0 Å². The minimum atomic E-state index is 0.755. The molecule has 0 fully saturated rings. The topological polar surface area (TPSA) is 34.2 Å². The second-order valence-electron chi connectivity index (χ2n) is 10.9. The van der Waals surface area contributed by atoms with Gasteiger partial charge in [0.25, 0.3) is 0 Å². The molecule has 0 unspecified atom stereocenters. The van der Waals surface area contributed by atoms with E-state index in [0.29, 0.717) is 0 Å². The highest BCUT2D eigenvalue weighted by Crippen LogP contribution is 2.42. The van der Waals surface area contributed by atoms with Crippen molar-refractivity contribution in [3.63, 3.8) is 0 Å². The maximum absolute atomic E-state index is 6.46. The highest BCUT2D eigenvalue weighted by Gasteiger charge is 2.21. The molecule has 0 atom stereocenters. The minimum absolute atomic E-state index is 0.755. The van der Waals surface area contributed by atoms with E-state index in [1.807, 2.05) is 36.5 Å². The minimum Gasteiger partial charge on any atom is -0.452 e. The Bertz CT molecular complexity index is 2470. The van der Waals surface area contributed by atoms with E-state index < -0.39 is 0 Å². The highest BCUT2D eigenvalue weighted by atomic mass is 16.3. The van der Waals surface area contributed by atoms with Gasteiger partial charge in [0.05, 0.1) is 11.0 Å². The molecule has 0 saturated carbocycles. The molecule has 0 N–H and O–H groups in total. The Balaban J connectivity index is 1.31. The van der Waals surface area contributed by atoms with Crippen LogP contribution in [-0.4, -0.2) is 9.55 Å². The third-order valence-corrected chi connectivity index (χ3v) is 8.39. The van der Waals surface area contributed by atoms with E-state index >= 15 is 0 Å². The predicted molar refractivity (Wildman–Crippen MR) is 178 cm³/mol. The summed E-state index contributed by atoms with van der Waals surface area (Å²) in [7, 11) is 0. The summed E-state index contributed by atoms with van der Waals surface area (Å²) in [4.78, 5) is 7.10. The molecule has 0 aliphatic rings. The number of benzene rings is 6. The van der Waals surface area contributed by atoms with Crippen molar-refractivity contribution in [2.75, 3.05) is 4.90 Å². The SMILES string of the molecule is c1ccc(N(c2cccc(-n3c4ccccc4c4cc5ccccc5cc43)c2)c2nccc3c2oc2ccccc23)cc1. The maximum atomic E-state index is 6.46. The third kappa shape index (κ3) is 3.67. The number of hydrogen-bond donors (Lipinski definition) is 0. The van der Waals surface area contributed by atoms with E-state index in [2.05, 4.69) is 125 Å². The van der Waals surface area contributed by atoms with Crippen LogP contribution in [0.4, 0.5) is 17.2 Å². The van der Waals surface area contributed by atoms with Crippen LogP contribution in [0.2, 0.25) is 0 Å². The van der Waals surface area contributed by atoms with Gasteiger partial charge in [-0.2, -0.15) is 0 Å². The molecule has 4 heteroatoms. The summed E-state index contributed by atoms with van der Waals surface area (Å²) >= 11 is 0. The van der Waals surface area contributed by atoms with Crippen molar-refractivity contribution >= 4 is 71.7 Å². The molecule has 3 aromatic heterocycles. The fraction of sp³-hybridized carbons (Fsp3) is 0. The molecule has 202 valence electrons. The first kappa shape index (κ1) is 23.8. The molecule has 0 amide bonds. The number of anilines is 3. The smallest absolute Gasteiger partial charge is 0.181 e. The lowest BCUT2D eigenvalue weighted by Gasteiger charge is -2.25. The van der Waals surface area contributed by atoms with Crippen molar-refractivity contribution in [1.82, 2.24) is 9.55 Å². The van der Waals surface area contributed by atoms with Gasteiger partial charge in [-0.1, -0.05) is 84.9 Å². The van der Waals surface area contributed by atoms with Crippen LogP contribution in [0, 0.1) is 0 Å². The van der Waals surface area contributed by atoms with E-state index in [9.17, 15) is 0 Å². The van der Waals surface area contributed by atoms with E-state index in [1.165, 1.54) is 32.6 Å². The van der Waals surface area contributed by atoms with Crippen molar-refractivity contribution < 1.29 is 4.42 Å². The van der Waals surface area contributed by atoms with E-state index in [0.717, 1.165) is 44.8 Å². The maximum Gasteiger partial charge on any atom is 0.181 e. The summed E-state index contributed by atoms with van der Waals surface area (Å²) < 4.78 is 8.83. The molecule has 0 saturated heterocycles. The van der Waals surface area contributed by atoms with Crippen LogP contribution in [0.25, 0.3) is 60.2 Å². The summed E-state index contributed by atoms with van der Waals surface area (Å²) in [6, 6.07) is 51.1. The lowest BCUT2D eigenvalue weighted by molar-refractivity contribution is 0.667. The molecule has 0 aliphatic heterocycles. The summed E-state index contributed by atoms with van der Waals surface area (Å²) in [5.74, 6) is 0.755. The van der Waals surface area contributed by atoms with Gasteiger partial charge in [-0.25, -0.2) is 4.98 Å². The van der Waals surface area contributed by atoms with Gasteiger partial charge in [0.1, 0.15) is 5.58 Å². The Kier molecular flexibility index (Phi) is 5.16. The summed E-state index contributed by atoms with van der Waals surface area (Å²) in [5, 5.41) is 7.08. The van der Waals surface area contributed by atoms with Gasteiger partial charge in [0, 0.05) is 44.8 Å². The van der Waals surface area contributed by atoms with Gasteiger partial charge < -0.3 is 8.98 Å². The van der Waals surface area contributed by atoms with Gasteiger partial charge in [0.15, 0.2) is 11.4 Å². The second kappa shape index (κ2) is 9.33. The van der Waals surface area contributed by atoms with Crippen LogP contribution in [0.5, 0.6) is 0 Å². The monoisotopic (exact) mass is 551 g/mol. The molecule has 0 bridgehead atoms. The third-order valence-electron chi connectivity index (χ3n) is 8.39. The number of fused-ring (bicyclic) bond motifs is 7. The Labute approximate surface area is 247 Å². The van der Waals surface area contributed by atoms with Gasteiger partial charge in [0.2, 0.25) is 0 Å². The van der Waals surface area contributed by atoms with E-state index in [4.69, 9.17) is 9.40 Å². The van der Waals surface area contributed by atoms with Crippen LogP contribution < -0.4 is 4.90 Å². The number of pyridine rings is 1. The Morgan fingerprint density at radius 2 is 1.23 bits per heavy atom. The number of rotatable bonds is 4. The fourth-order valence-electron chi connectivity index (χ4n) is 6.47. The van der Waals surface area contributed by atoms with Crippen molar-refractivity contribution in [3.05, 3.63) is 152 Å². The molecule has 4 nitrogen and oxygen atoms in total. The van der Waals surface area contributed by atoms with Crippen molar-refractivity contribution in [2.24, 2.45) is 0 Å². The number of furan rings is 1.